The Morgan fingerprint density at radius 1 is 1.22 bits per heavy atom. The molecule has 3 rings (SSSR count). The standard InChI is InChI=1S/C13H14N4S/c1-9-2-4-10(5-3-9)6-7-12-16-17-8-11(14)15-13(17)18-12/h2-5,8H,6-7,14H2,1H3. The van der Waals surface area contributed by atoms with Crippen LogP contribution >= 0.6 is 11.3 Å². The number of rotatable bonds is 3. The van der Waals surface area contributed by atoms with E-state index in [0.717, 1.165) is 22.8 Å². The van der Waals surface area contributed by atoms with Gasteiger partial charge in [0.1, 0.15) is 10.8 Å². The van der Waals surface area contributed by atoms with E-state index in [1.54, 1.807) is 22.0 Å². The third-order valence-electron chi connectivity index (χ3n) is 2.85. The minimum Gasteiger partial charge on any atom is -0.382 e. The predicted molar refractivity (Wildman–Crippen MR) is 73.9 cm³/mol. The Hall–Kier alpha value is -1.88. The Labute approximate surface area is 109 Å². The molecule has 0 aliphatic heterocycles. The van der Waals surface area contributed by atoms with Crippen molar-refractivity contribution in [3.8, 4) is 0 Å². The number of aryl methyl sites for hydroxylation is 3. The predicted octanol–water partition coefficient (Wildman–Crippen LogP) is 2.47. The zero-order chi connectivity index (χ0) is 12.5. The van der Waals surface area contributed by atoms with Crippen LogP contribution in [0.25, 0.3) is 4.96 Å². The van der Waals surface area contributed by atoms with Crippen LogP contribution in [0.1, 0.15) is 16.1 Å². The van der Waals surface area contributed by atoms with Crippen LogP contribution in [-0.4, -0.2) is 14.6 Å². The summed E-state index contributed by atoms with van der Waals surface area (Å²) in [7, 11) is 0. The van der Waals surface area contributed by atoms with E-state index in [2.05, 4.69) is 41.3 Å². The van der Waals surface area contributed by atoms with E-state index in [0.29, 0.717) is 5.82 Å². The van der Waals surface area contributed by atoms with Gasteiger partial charge in [0, 0.05) is 6.42 Å². The fourth-order valence-corrected chi connectivity index (χ4v) is 2.75. The number of imidazole rings is 1. The molecule has 1 aromatic carbocycles. The van der Waals surface area contributed by atoms with E-state index in [4.69, 9.17) is 5.73 Å². The molecular weight excluding hydrogens is 244 g/mol. The van der Waals surface area contributed by atoms with Gasteiger partial charge in [-0.05, 0) is 18.9 Å². The van der Waals surface area contributed by atoms with Crippen LogP contribution in [0.15, 0.2) is 30.5 Å². The smallest absolute Gasteiger partial charge is 0.214 e. The van der Waals surface area contributed by atoms with Crippen molar-refractivity contribution in [1.82, 2.24) is 14.6 Å². The van der Waals surface area contributed by atoms with Crippen LogP contribution in [0.4, 0.5) is 5.82 Å². The third kappa shape index (κ3) is 2.22. The summed E-state index contributed by atoms with van der Waals surface area (Å²) in [6, 6.07) is 8.63. The van der Waals surface area contributed by atoms with Crippen molar-refractivity contribution in [2.75, 3.05) is 5.73 Å². The number of fused-ring (bicyclic) bond motifs is 1. The highest BCUT2D eigenvalue weighted by Crippen LogP contribution is 2.17. The highest BCUT2D eigenvalue weighted by molar-refractivity contribution is 7.16. The average molecular weight is 258 g/mol. The van der Waals surface area contributed by atoms with E-state index in [1.807, 2.05) is 0 Å². The van der Waals surface area contributed by atoms with E-state index in [-0.39, 0.29) is 0 Å². The lowest BCUT2D eigenvalue weighted by atomic mass is 10.1. The molecule has 0 aliphatic carbocycles. The fraction of sp³-hybridized carbons (Fsp3) is 0.231. The van der Waals surface area contributed by atoms with Crippen molar-refractivity contribution < 1.29 is 0 Å². The van der Waals surface area contributed by atoms with Crippen molar-refractivity contribution >= 4 is 22.1 Å². The lowest BCUT2D eigenvalue weighted by Crippen LogP contribution is -1.92. The van der Waals surface area contributed by atoms with E-state index in [9.17, 15) is 0 Å². The molecule has 2 N–H and O–H groups in total. The number of anilines is 1. The Morgan fingerprint density at radius 3 is 2.72 bits per heavy atom. The van der Waals surface area contributed by atoms with Crippen LogP contribution < -0.4 is 5.73 Å². The van der Waals surface area contributed by atoms with Crippen LogP contribution in [0.5, 0.6) is 0 Å². The van der Waals surface area contributed by atoms with Gasteiger partial charge in [-0.25, -0.2) is 9.50 Å². The molecule has 0 atom stereocenters. The maximum Gasteiger partial charge on any atom is 0.214 e. The lowest BCUT2D eigenvalue weighted by Gasteiger charge is -1.99. The lowest BCUT2D eigenvalue weighted by molar-refractivity contribution is 0.866. The summed E-state index contributed by atoms with van der Waals surface area (Å²) in [6.07, 6.45) is 3.70. The Morgan fingerprint density at radius 2 is 2.00 bits per heavy atom. The van der Waals surface area contributed by atoms with Crippen molar-refractivity contribution in [2.24, 2.45) is 0 Å². The monoisotopic (exact) mass is 258 g/mol. The Kier molecular flexibility index (Phi) is 2.76. The number of aromatic nitrogens is 3. The molecule has 0 unspecified atom stereocenters. The van der Waals surface area contributed by atoms with Gasteiger partial charge in [-0.3, -0.25) is 0 Å². The highest BCUT2D eigenvalue weighted by atomic mass is 32.1. The summed E-state index contributed by atoms with van der Waals surface area (Å²) in [6.45, 7) is 2.10. The summed E-state index contributed by atoms with van der Waals surface area (Å²) < 4.78 is 1.75. The van der Waals surface area contributed by atoms with Gasteiger partial charge in [0.2, 0.25) is 4.96 Å². The van der Waals surface area contributed by atoms with Crippen LogP contribution in [0, 0.1) is 6.92 Å². The number of hydrogen-bond acceptors (Lipinski definition) is 4. The number of nitrogen functional groups attached to an aromatic ring is 1. The number of benzene rings is 1. The number of nitrogens with two attached hydrogens (primary N) is 1. The van der Waals surface area contributed by atoms with Gasteiger partial charge in [0.05, 0.1) is 6.20 Å². The normalized spacial score (nSPS) is 11.2. The molecular formula is C13H14N4S. The quantitative estimate of drug-likeness (QED) is 0.785. The molecule has 0 saturated heterocycles. The average Bonchev–Trinajstić information content (AvgIpc) is 2.85. The maximum absolute atomic E-state index is 5.60. The third-order valence-corrected chi connectivity index (χ3v) is 3.83. The molecule has 2 aromatic heterocycles. The first-order chi connectivity index (χ1) is 8.70. The molecule has 0 radical (unpaired) electrons. The molecule has 0 bridgehead atoms. The van der Waals surface area contributed by atoms with Gasteiger partial charge in [0.15, 0.2) is 0 Å². The Balaban J connectivity index is 1.72. The second kappa shape index (κ2) is 4.42. The van der Waals surface area contributed by atoms with Gasteiger partial charge >= 0.3 is 0 Å². The molecule has 92 valence electrons. The van der Waals surface area contributed by atoms with E-state index in [1.165, 1.54) is 11.1 Å². The zero-order valence-corrected chi connectivity index (χ0v) is 10.9. The number of hydrogen-bond donors (Lipinski definition) is 1. The van der Waals surface area contributed by atoms with Crippen molar-refractivity contribution in [2.45, 2.75) is 19.8 Å². The number of nitrogens with zero attached hydrogens (tertiary/aromatic N) is 3. The second-order valence-corrected chi connectivity index (χ2v) is 5.41. The van der Waals surface area contributed by atoms with Gasteiger partial charge in [-0.15, -0.1) is 0 Å². The molecule has 0 saturated carbocycles. The SMILES string of the molecule is Cc1ccc(CCc2nn3cc(N)nc3s2)cc1. The van der Waals surface area contributed by atoms with Gasteiger partial charge in [-0.2, -0.15) is 5.10 Å². The second-order valence-electron chi connectivity index (χ2n) is 4.37. The molecule has 4 nitrogen and oxygen atoms in total. The molecule has 0 fully saturated rings. The molecule has 3 aromatic rings. The summed E-state index contributed by atoms with van der Waals surface area (Å²) in [5, 5.41) is 5.55. The van der Waals surface area contributed by atoms with Gasteiger partial charge in [-0.1, -0.05) is 41.2 Å². The summed E-state index contributed by atoms with van der Waals surface area (Å²) in [5.74, 6) is 0.527. The zero-order valence-electron chi connectivity index (χ0n) is 10.1. The van der Waals surface area contributed by atoms with Crippen molar-refractivity contribution in [3.63, 3.8) is 0 Å². The first kappa shape index (κ1) is 11.2. The first-order valence-electron chi connectivity index (χ1n) is 5.87. The molecule has 0 aliphatic rings. The maximum atomic E-state index is 5.60. The van der Waals surface area contributed by atoms with E-state index < -0.39 is 0 Å². The van der Waals surface area contributed by atoms with Gasteiger partial charge in [0.25, 0.3) is 0 Å². The van der Waals surface area contributed by atoms with E-state index >= 15 is 0 Å². The van der Waals surface area contributed by atoms with Crippen LogP contribution in [-0.2, 0) is 12.8 Å². The van der Waals surface area contributed by atoms with Crippen LogP contribution in [0.3, 0.4) is 0 Å². The summed E-state index contributed by atoms with van der Waals surface area (Å²) >= 11 is 1.60. The van der Waals surface area contributed by atoms with Crippen molar-refractivity contribution in [1.29, 1.82) is 0 Å². The molecule has 0 amide bonds. The largest absolute Gasteiger partial charge is 0.382 e. The first-order valence-corrected chi connectivity index (χ1v) is 6.68. The van der Waals surface area contributed by atoms with Crippen molar-refractivity contribution in [3.05, 3.63) is 46.6 Å². The molecule has 5 heteroatoms. The molecule has 18 heavy (non-hydrogen) atoms. The fourth-order valence-electron chi connectivity index (χ4n) is 1.87. The molecule has 2 heterocycles. The van der Waals surface area contributed by atoms with Crippen LogP contribution in [0.2, 0.25) is 0 Å². The van der Waals surface area contributed by atoms with Gasteiger partial charge < -0.3 is 5.73 Å². The summed E-state index contributed by atoms with van der Waals surface area (Å²) in [5.41, 5.74) is 8.23. The minimum absolute atomic E-state index is 0.527. The highest BCUT2D eigenvalue weighted by Gasteiger charge is 2.06. The topological polar surface area (TPSA) is 56.2 Å². The molecule has 0 spiro atoms. The minimum atomic E-state index is 0.527. The Bertz CT molecular complexity index is 634. The summed E-state index contributed by atoms with van der Waals surface area (Å²) in [4.78, 5) is 5.06.